The van der Waals surface area contributed by atoms with Crippen molar-refractivity contribution in [2.75, 3.05) is 0 Å². The molecular formula is C13H14N2O. The Morgan fingerprint density at radius 1 is 1.19 bits per heavy atom. The van der Waals surface area contributed by atoms with Crippen molar-refractivity contribution in [2.24, 2.45) is 0 Å². The van der Waals surface area contributed by atoms with Crippen LogP contribution in [0.4, 0.5) is 0 Å². The van der Waals surface area contributed by atoms with Crippen molar-refractivity contribution in [3.63, 3.8) is 0 Å². The van der Waals surface area contributed by atoms with Gasteiger partial charge in [-0.05, 0) is 17.5 Å². The maximum Gasteiger partial charge on any atom is 0.115 e. The van der Waals surface area contributed by atoms with Gasteiger partial charge in [-0.3, -0.25) is 0 Å². The molecule has 0 fully saturated rings. The molecule has 16 heavy (non-hydrogen) atoms. The molecule has 2 aromatic rings. The number of hydrogen-bond acceptors (Lipinski definition) is 3. The van der Waals surface area contributed by atoms with E-state index >= 15 is 0 Å². The highest BCUT2D eigenvalue weighted by Gasteiger charge is 2.13. The van der Waals surface area contributed by atoms with Crippen molar-refractivity contribution in [2.45, 2.75) is 19.4 Å². The summed E-state index contributed by atoms with van der Waals surface area (Å²) in [5.74, 6) is 0. The Morgan fingerprint density at radius 2 is 1.88 bits per heavy atom. The lowest BCUT2D eigenvalue weighted by Gasteiger charge is -2.14. The monoisotopic (exact) mass is 214 g/mol. The summed E-state index contributed by atoms with van der Waals surface area (Å²) in [5, 5.41) is 10.2. The Hall–Kier alpha value is -1.74. The average molecular weight is 214 g/mol. The van der Waals surface area contributed by atoms with Crippen LogP contribution in [0.15, 0.2) is 43.0 Å². The summed E-state index contributed by atoms with van der Waals surface area (Å²) in [6.45, 7) is 2.08. The molecule has 0 saturated carbocycles. The number of nitrogens with zero attached hydrogens (tertiary/aromatic N) is 2. The fourth-order valence-corrected chi connectivity index (χ4v) is 1.75. The zero-order valence-electron chi connectivity index (χ0n) is 9.17. The van der Waals surface area contributed by atoms with E-state index in [4.69, 9.17) is 0 Å². The second-order valence-electron chi connectivity index (χ2n) is 3.63. The Balaban J connectivity index is 2.37. The van der Waals surface area contributed by atoms with Crippen LogP contribution in [0.2, 0.25) is 0 Å². The first-order valence-corrected chi connectivity index (χ1v) is 5.33. The normalized spacial score (nSPS) is 12.4. The van der Waals surface area contributed by atoms with E-state index in [-0.39, 0.29) is 0 Å². The number of aliphatic hydroxyl groups excluding tert-OH is 1. The molecule has 0 aliphatic carbocycles. The fourth-order valence-electron chi connectivity index (χ4n) is 1.75. The lowest BCUT2D eigenvalue weighted by Crippen LogP contribution is -2.04. The SMILES string of the molecule is CCc1ccccc1C(O)c1cncnc1. The van der Waals surface area contributed by atoms with E-state index in [2.05, 4.69) is 16.9 Å². The molecule has 1 unspecified atom stereocenters. The summed E-state index contributed by atoms with van der Waals surface area (Å²) in [5.41, 5.74) is 2.81. The first-order valence-electron chi connectivity index (χ1n) is 5.33. The van der Waals surface area contributed by atoms with Gasteiger partial charge < -0.3 is 5.11 Å². The molecule has 3 heteroatoms. The highest BCUT2D eigenvalue weighted by Crippen LogP contribution is 2.24. The largest absolute Gasteiger partial charge is 0.384 e. The standard InChI is InChI=1S/C13H14N2O/c1-2-10-5-3-4-6-12(10)13(16)11-7-14-9-15-8-11/h3-9,13,16H,2H2,1H3. The summed E-state index contributed by atoms with van der Waals surface area (Å²) in [4.78, 5) is 7.83. The second-order valence-corrected chi connectivity index (χ2v) is 3.63. The minimum atomic E-state index is -0.641. The minimum absolute atomic E-state index is 0.641. The van der Waals surface area contributed by atoms with Crippen molar-refractivity contribution >= 4 is 0 Å². The molecule has 0 amide bonds. The van der Waals surface area contributed by atoms with Gasteiger partial charge in [0.1, 0.15) is 12.4 Å². The van der Waals surface area contributed by atoms with Crippen LogP contribution in [0.5, 0.6) is 0 Å². The van der Waals surface area contributed by atoms with Crippen molar-refractivity contribution in [1.29, 1.82) is 0 Å². The molecule has 1 N–H and O–H groups in total. The highest BCUT2D eigenvalue weighted by molar-refractivity contribution is 5.34. The third-order valence-corrected chi connectivity index (χ3v) is 2.63. The molecule has 1 atom stereocenters. The number of hydrogen-bond donors (Lipinski definition) is 1. The number of aromatic nitrogens is 2. The summed E-state index contributed by atoms with van der Waals surface area (Å²) in [6, 6.07) is 7.89. The van der Waals surface area contributed by atoms with Gasteiger partial charge in [0.15, 0.2) is 0 Å². The minimum Gasteiger partial charge on any atom is -0.384 e. The molecule has 2 rings (SSSR count). The zero-order chi connectivity index (χ0) is 11.4. The van der Waals surface area contributed by atoms with Crippen LogP contribution >= 0.6 is 0 Å². The van der Waals surface area contributed by atoms with E-state index in [1.165, 1.54) is 6.33 Å². The van der Waals surface area contributed by atoms with E-state index in [1.807, 2.05) is 24.3 Å². The van der Waals surface area contributed by atoms with Crippen LogP contribution in [0, 0.1) is 0 Å². The Kier molecular flexibility index (Phi) is 3.27. The lowest BCUT2D eigenvalue weighted by atomic mass is 9.97. The van der Waals surface area contributed by atoms with E-state index < -0.39 is 6.10 Å². The Labute approximate surface area is 94.8 Å². The third-order valence-electron chi connectivity index (χ3n) is 2.63. The van der Waals surface area contributed by atoms with Gasteiger partial charge in [-0.15, -0.1) is 0 Å². The highest BCUT2D eigenvalue weighted by atomic mass is 16.3. The summed E-state index contributed by atoms with van der Waals surface area (Å²) in [6.07, 6.45) is 5.01. The molecule has 1 aromatic carbocycles. The van der Waals surface area contributed by atoms with Crippen molar-refractivity contribution < 1.29 is 5.11 Å². The van der Waals surface area contributed by atoms with Crippen LogP contribution in [0.25, 0.3) is 0 Å². The molecule has 0 saturated heterocycles. The number of benzene rings is 1. The summed E-state index contributed by atoms with van der Waals surface area (Å²) < 4.78 is 0. The maximum absolute atomic E-state index is 10.2. The summed E-state index contributed by atoms with van der Waals surface area (Å²) in [7, 11) is 0. The second kappa shape index (κ2) is 4.86. The van der Waals surface area contributed by atoms with Gasteiger partial charge >= 0.3 is 0 Å². The van der Waals surface area contributed by atoms with Crippen LogP contribution in [-0.2, 0) is 6.42 Å². The first kappa shape index (κ1) is 10.8. The molecule has 0 aliphatic heterocycles. The predicted molar refractivity (Wildman–Crippen MR) is 61.9 cm³/mol. The van der Waals surface area contributed by atoms with Gasteiger partial charge in [0, 0.05) is 18.0 Å². The molecule has 3 nitrogen and oxygen atoms in total. The van der Waals surface area contributed by atoms with Gasteiger partial charge in [-0.25, -0.2) is 9.97 Å². The molecule has 0 aliphatic rings. The lowest BCUT2D eigenvalue weighted by molar-refractivity contribution is 0.218. The topological polar surface area (TPSA) is 46.0 Å². The van der Waals surface area contributed by atoms with Gasteiger partial charge in [0.25, 0.3) is 0 Å². The molecule has 1 aromatic heterocycles. The van der Waals surface area contributed by atoms with Crippen LogP contribution in [0.1, 0.15) is 29.7 Å². The molecule has 82 valence electrons. The molecule has 1 heterocycles. The Morgan fingerprint density at radius 3 is 2.56 bits per heavy atom. The third kappa shape index (κ3) is 2.09. The summed E-state index contributed by atoms with van der Waals surface area (Å²) >= 11 is 0. The maximum atomic E-state index is 10.2. The van der Waals surface area contributed by atoms with Crippen molar-refractivity contribution in [1.82, 2.24) is 9.97 Å². The van der Waals surface area contributed by atoms with E-state index in [0.717, 1.165) is 23.1 Å². The zero-order valence-corrected chi connectivity index (χ0v) is 9.17. The van der Waals surface area contributed by atoms with Crippen molar-refractivity contribution in [3.8, 4) is 0 Å². The van der Waals surface area contributed by atoms with Gasteiger partial charge in [-0.2, -0.15) is 0 Å². The van der Waals surface area contributed by atoms with Crippen molar-refractivity contribution in [3.05, 3.63) is 59.7 Å². The first-order chi connectivity index (χ1) is 7.83. The fraction of sp³-hybridized carbons (Fsp3) is 0.231. The smallest absolute Gasteiger partial charge is 0.115 e. The Bertz CT molecular complexity index is 456. The molecular weight excluding hydrogens is 200 g/mol. The number of rotatable bonds is 3. The van der Waals surface area contributed by atoms with Crippen LogP contribution in [-0.4, -0.2) is 15.1 Å². The number of aryl methyl sites for hydroxylation is 1. The molecule has 0 spiro atoms. The van der Waals surface area contributed by atoms with E-state index in [1.54, 1.807) is 12.4 Å². The number of aliphatic hydroxyl groups is 1. The van der Waals surface area contributed by atoms with Gasteiger partial charge in [-0.1, -0.05) is 31.2 Å². The van der Waals surface area contributed by atoms with Gasteiger partial charge in [0.2, 0.25) is 0 Å². The molecule has 0 radical (unpaired) electrons. The average Bonchev–Trinajstić information content (AvgIpc) is 2.39. The predicted octanol–water partition coefficient (Wildman–Crippen LogP) is 2.12. The van der Waals surface area contributed by atoms with E-state index in [9.17, 15) is 5.11 Å². The van der Waals surface area contributed by atoms with Crippen LogP contribution in [0.3, 0.4) is 0 Å². The van der Waals surface area contributed by atoms with E-state index in [0.29, 0.717) is 0 Å². The quantitative estimate of drug-likeness (QED) is 0.851. The van der Waals surface area contributed by atoms with Gasteiger partial charge in [0.05, 0.1) is 0 Å². The van der Waals surface area contributed by atoms with Crippen LogP contribution < -0.4 is 0 Å². The molecule has 0 bridgehead atoms.